The maximum absolute atomic E-state index is 11.9. The average molecular weight is 309 g/mol. The SMILES string of the molecule is CC1(C)Cc2c(ccc3ccccc23)/C(=C/C(=O)C(=O)NN)N1. The highest BCUT2D eigenvalue weighted by atomic mass is 16.2. The van der Waals surface area contributed by atoms with Crippen LogP contribution in [0.3, 0.4) is 0 Å². The number of nitrogens with one attached hydrogen (secondary N) is 2. The van der Waals surface area contributed by atoms with Gasteiger partial charge in [0.1, 0.15) is 0 Å². The molecule has 5 nitrogen and oxygen atoms in total. The maximum atomic E-state index is 11.9. The summed E-state index contributed by atoms with van der Waals surface area (Å²) < 4.78 is 0. The van der Waals surface area contributed by atoms with Gasteiger partial charge in [-0.25, -0.2) is 5.84 Å². The van der Waals surface area contributed by atoms with Gasteiger partial charge in [0.05, 0.1) is 0 Å². The zero-order valence-electron chi connectivity index (χ0n) is 13.1. The van der Waals surface area contributed by atoms with Gasteiger partial charge in [-0.1, -0.05) is 36.4 Å². The van der Waals surface area contributed by atoms with E-state index in [1.54, 1.807) is 0 Å². The predicted octanol–water partition coefficient (Wildman–Crippen LogP) is 1.66. The fourth-order valence-corrected chi connectivity index (χ4v) is 3.08. The van der Waals surface area contributed by atoms with E-state index < -0.39 is 11.7 Å². The Morgan fingerprint density at radius 3 is 2.70 bits per heavy atom. The van der Waals surface area contributed by atoms with Crippen LogP contribution in [0.2, 0.25) is 0 Å². The van der Waals surface area contributed by atoms with Crippen molar-refractivity contribution in [1.82, 2.24) is 10.7 Å². The molecule has 23 heavy (non-hydrogen) atoms. The fraction of sp³-hybridized carbons (Fsp3) is 0.222. The molecule has 4 N–H and O–H groups in total. The van der Waals surface area contributed by atoms with Crippen molar-refractivity contribution in [2.24, 2.45) is 5.84 Å². The third-order valence-corrected chi connectivity index (χ3v) is 4.05. The normalized spacial score (nSPS) is 17.4. The fourth-order valence-electron chi connectivity index (χ4n) is 3.08. The molecule has 3 rings (SSSR count). The van der Waals surface area contributed by atoms with Crippen LogP contribution in [0.5, 0.6) is 0 Å². The number of ketones is 1. The highest BCUT2D eigenvalue weighted by Crippen LogP contribution is 2.34. The number of hydrogen-bond acceptors (Lipinski definition) is 4. The molecule has 0 fully saturated rings. The van der Waals surface area contributed by atoms with Gasteiger partial charge < -0.3 is 5.32 Å². The third-order valence-electron chi connectivity index (χ3n) is 4.05. The lowest BCUT2D eigenvalue weighted by atomic mass is 9.83. The molecule has 1 aliphatic heterocycles. The summed E-state index contributed by atoms with van der Waals surface area (Å²) in [7, 11) is 0. The lowest BCUT2D eigenvalue weighted by molar-refractivity contribution is -0.135. The van der Waals surface area contributed by atoms with Crippen LogP contribution in [0, 0.1) is 0 Å². The van der Waals surface area contributed by atoms with Crippen molar-refractivity contribution >= 4 is 28.2 Å². The van der Waals surface area contributed by atoms with E-state index in [1.807, 2.05) is 29.7 Å². The standard InChI is InChI=1S/C18H19N3O2/c1-18(2)10-14-12-6-4-3-5-11(12)7-8-13(14)15(20-18)9-16(22)17(23)21-19/h3-9,20H,10,19H2,1-2H3,(H,21,23)/b15-9-. The molecule has 0 spiro atoms. The first-order chi connectivity index (χ1) is 10.9. The molecule has 0 unspecified atom stereocenters. The van der Waals surface area contributed by atoms with E-state index in [0.29, 0.717) is 5.70 Å². The molecule has 0 bridgehead atoms. The molecule has 2 aromatic rings. The van der Waals surface area contributed by atoms with Gasteiger partial charge in [0.15, 0.2) is 0 Å². The van der Waals surface area contributed by atoms with Gasteiger partial charge in [0, 0.05) is 22.9 Å². The Morgan fingerprint density at radius 2 is 1.96 bits per heavy atom. The Kier molecular flexibility index (Phi) is 3.66. The minimum Gasteiger partial charge on any atom is -0.379 e. The van der Waals surface area contributed by atoms with E-state index in [0.717, 1.165) is 17.4 Å². The third kappa shape index (κ3) is 2.83. The number of hydrazine groups is 1. The molecule has 0 aromatic heterocycles. The molecule has 5 heteroatoms. The van der Waals surface area contributed by atoms with E-state index in [-0.39, 0.29) is 5.54 Å². The molecule has 118 valence electrons. The van der Waals surface area contributed by atoms with Crippen LogP contribution in [-0.4, -0.2) is 17.2 Å². The van der Waals surface area contributed by atoms with Crippen LogP contribution in [0.1, 0.15) is 25.0 Å². The van der Waals surface area contributed by atoms with Crippen LogP contribution >= 0.6 is 0 Å². The van der Waals surface area contributed by atoms with Crippen molar-refractivity contribution in [3.8, 4) is 0 Å². The topological polar surface area (TPSA) is 84.2 Å². The molecule has 1 heterocycles. The predicted molar refractivity (Wildman–Crippen MR) is 90.2 cm³/mol. The number of nitrogens with two attached hydrogens (primary N) is 1. The maximum Gasteiger partial charge on any atom is 0.305 e. The molecule has 1 amide bonds. The first-order valence-electron chi connectivity index (χ1n) is 7.47. The van der Waals surface area contributed by atoms with Crippen LogP contribution in [0.15, 0.2) is 42.5 Å². The summed E-state index contributed by atoms with van der Waals surface area (Å²) in [6.07, 6.45) is 2.15. The Morgan fingerprint density at radius 1 is 1.22 bits per heavy atom. The number of amides is 1. The summed E-state index contributed by atoms with van der Waals surface area (Å²) in [5, 5.41) is 5.67. The van der Waals surface area contributed by atoms with Gasteiger partial charge in [-0.05, 0) is 36.6 Å². The van der Waals surface area contributed by atoms with Gasteiger partial charge in [-0.3, -0.25) is 15.0 Å². The first kappa shape index (κ1) is 15.2. The van der Waals surface area contributed by atoms with E-state index in [1.165, 1.54) is 17.0 Å². The van der Waals surface area contributed by atoms with Crippen molar-refractivity contribution in [2.45, 2.75) is 25.8 Å². The number of carbonyl (C=O) groups excluding carboxylic acids is 2. The zero-order valence-corrected chi connectivity index (χ0v) is 13.1. The van der Waals surface area contributed by atoms with Gasteiger partial charge in [0.2, 0.25) is 5.78 Å². The van der Waals surface area contributed by atoms with E-state index in [2.05, 4.69) is 31.3 Å². The van der Waals surface area contributed by atoms with Crippen molar-refractivity contribution in [3.05, 3.63) is 53.6 Å². The largest absolute Gasteiger partial charge is 0.379 e. The molecular formula is C18H19N3O2. The Labute approximate surface area is 134 Å². The van der Waals surface area contributed by atoms with E-state index in [4.69, 9.17) is 5.84 Å². The van der Waals surface area contributed by atoms with E-state index >= 15 is 0 Å². The van der Waals surface area contributed by atoms with Crippen LogP contribution < -0.4 is 16.6 Å². The lowest BCUT2D eigenvalue weighted by Crippen LogP contribution is -2.44. The van der Waals surface area contributed by atoms with Crippen molar-refractivity contribution in [1.29, 1.82) is 0 Å². The summed E-state index contributed by atoms with van der Waals surface area (Å²) in [6, 6.07) is 12.2. The number of benzene rings is 2. The summed E-state index contributed by atoms with van der Waals surface area (Å²) in [5.74, 6) is 3.53. The number of rotatable bonds is 2. The minimum atomic E-state index is -0.829. The molecular weight excluding hydrogens is 290 g/mol. The summed E-state index contributed by atoms with van der Waals surface area (Å²) >= 11 is 0. The second-order valence-corrected chi connectivity index (χ2v) is 6.39. The lowest BCUT2D eigenvalue weighted by Gasteiger charge is -2.36. The molecule has 0 radical (unpaired) electrons. The first-order valence-corrected chi connectivity index (χ1v) is 7.47. The monoisotopic (exact) mass is 309 g/mol. The minimum absolute atomic E-state index is 0.220. The molecule has 1 aliphatic rings. The van der Waals surface area contributed by atoms with Crippen molar-refractivity contribution in [2.75, 3.05) is 0 Å². The van der Waals surface area contributed by atoms with E-state index in [9.17, 15) is 9.59 Å². The Bertz CT molecular complexity index is 837. The molecule has 0 atom stereocenters. The van der Waals surface area contributed by atoms with Crippen LogP contribution in [0.4, 0.5) is 0 Å². The zero-order chi connectivity index (χ0) is 16.6. The highest BCUT2D eigenvalue weighted by molar-refractivity contribution is 6.41. The smallest absolute Gasteiger partial charge is 0.305 e. The number of carbonyl (C=O) groups is 2. The molecule has 0 saturated carbocycles. The number of fused-ring (bicyclic) bond motifs is 3. The van der Waals surface area contributed by atoms with Gasteiger partial charge in [-0.15, -0.1) is 0 Å². The highest BCUT2D eigenvalue weighted by Gasteiger charge is 2.29. The van der Waals surface area contributed by atoms with Gasteiger partial charge in [0.25, 0.3) is 0 Å². The van der Waals surface area contributed by atoms with Crippen molar-refractivity contribution < 1.29 is 9.59 Å². The van der Waals surface area contributed by atoms with Crippen LogP contribution in [-0.2, 0) is 16.0 Å². The summed E-state index contributed by atoms with van der Waals surface area (Å²) in [4.78, 5) is 23.3. The average Bonchev–Trinajstić information content (AvgIpc) is 2.52. The Hall–Kier alpha value is -2.66. The van der Waals surface area contributed by atoms with Crippen molar-refractivity contribution in [3.63, 3.8) is 0 Å². The quantitative estimate of drug-likeness (QED) is 0.259. The number of hydrogen-bond donors (Lipinski definition) is 3. The molecule has 2 aromatic carbocycles. The summed E-state index contributed by atoms with van der Waals surface area (Å²) in [6.45, 7) is 4.14. The van der Waals surface area contributed by atoms with Gasteiger partial charge in [-0.2, -0.15) is 0 Å². The second kappa shape index (κ2) is 5.52. The molecule has 0 saturated heterocycles. The second-order valence-electron chi connectivity index (χ2n) is 6.39. The van der Waals surface area contributed by atoms with Gasteiger partial charge >= 0.3 is 5.91 Å². The molecule has 0 aliphatic carbocycles. The summed E-state index contributed by atoms with van der Waals surface area (Å²) in [5.41, 5.74) is 4.42. The Balaban J connectivity index is 2.18. The van der Waals surface area contributed by atoms with Crippen LogP contribution in [0.25, 0.3) is 16.5 Å².